The molecular weight excluding hydrogens is 601 g/mol. The van der Waals surface area contributed by atoms with E-state index in [9.17, 15) is 31.5 Å². The maximum Gasteiger partial charge on any atom is 0.408 e. The summed E-state index contributed by atoms with van der Waals surface area (Å²) in [4.78, 5) is 30.7. The number of carbonyl (C=O) groups is 2. The summed E-state index contributed by atoms with van der Waals surface area (Å²) in [6, 6.07) is -1.26. The largest absolute Gasteiger partial charge is 0.408 e. The Labute approximate surface area is 243 Å². The molecule has 0 spiro atoms. The molecule has 3 atom stereocenters. The second-order valence-electron chi connectivity index (χ2n) is 10.9. The Morgan fingerprint density at radius 1 is 1.28 bits per heavy atom. The minimum Gasteiger partial charge on any atom is -0.344 e. The van der Waals surface area contributed by atoms with Gasteiger partial charge < -0.3 is 10.6 Å². The average Bonchev–Trinajstić information content (AvgIpc) is 3.74. The van der Waals surface area contributed by atoms with E-state index in [1.807, 2.05) is 5.32 Å². The zero-order chi connectivity index (χ0) is 30.6. The van der Waals surface area contributed by atoms with Crippen LogP contribution in [0.25, 0.3) is 5.65 Å². The van der Waals surface area contributed by atoms with Crippen LogP contribution in [-0.2, 0) is 16.6 Å². The van der Waals surface area contributed by atoms with E-state index < -0.39 is 47.8 Å². The van der Waals surface area contributed by atoms with E-state index >= 15 is 0 Å². The predicted octanol–water partition coefficient (Wildman–Crippen LogP) is 3.50. The number of aromatic nitrogens is 7. The smallest absolute Gasteiger partial charge is 0.344 e. The minimum atomic E-state index is -4.65. The van der Waals surface area contributed by atoms with Crippen molar-refractivity contribution in [2.45, 2.75) is 75.0 Å². The molecule has 0 unspecified atom stereocenters. The van der Waals surface area contributed by atoms with Gasteiger partial charge in [-0.2, -0.15) is 18.3 Å². The van der Waals surface area contributed by atoms with Crippen molar-refractivity contribution in [2.24, 2.45) is 5.92 Å². The van der Waals surface area contributed by atoms with Gasteiger partial charge in [-0.1, -0.05) is 5.16 Å². The molecular formula is C25H24F5N9O3S. The zero-order valence-corrected chi connectivity index (χ0v) is 23.3. The molecule has 4 aromatic heterocycles. The third kappa shape index (κ3) is 5.54. The fourth-order valence-electron chi connectivity index (χ4n) is 5.79. The van der Waals surface area contributed by atoms with E-state index in [1.54, 1.807) is 12.3 Å². The van der Waals surface area contributed by atoms with Crippen LogP contribution in [0, 0.1) is 12.8 Å². The van der Waals surface area contributed by atoms with Crippen LogP contribution >= 0.6 is 11.3 Å². The van der Waals surface area contributed by atoms with Crippen molar-refractivity contribution in [3.63, 3.8) is 0 Å². The van der Waals surface area contributed by atoms with Gasteiger partial charge in [-0.15, -0.1) is 21.5 Å². The lowest BCUT2D eigenvalue weighted by atomic mass is 9.79. The summed E-state index contributed by atoms with van der Waals surface area (Å²) in [5.41, 5.74) is 0.969. The number of hydrogen-bond acceptors (Lipinski definition) is 10. The van der Waals surface area contributed by atoms with Gasteiger partial charge >= 0.3 is 6.18 Å². The van der Waals surface area contributed by atoms with Gasteiger partial charge in [-0.05, 0) is 55.3 Å². The van der Waals surface area contributed by atoms with Crippen molar-refractivity contribution in [1.29, 1.82) is 0 Å². The first kappa shape index (κ1) is 29.0. The Kier molecular flexibility index (Phi) is 7.13. The Balaban J connectivity index is 1.32. The maximum absolute atomic E-state index is 14.0. The van der Waals surface area contributed by atoms with Crippen LogP contribution in [0.5, 0.6) is 0 Å². The third-order valence-electron chi connectivity index (χ3n) is 8.06. The van der Waals surface area contributed by atoms with Gasteiger partial charge in [0.1, 0.15) is 27.7 Å². The van der Waals surface area contributed by atoms with Crippen molar-refractivity contribution >= 4 is 28.8 Å². The van der Waals surface area contributed by atoms with E-state index in [0.717, 1.165) is 11.3 Å². The highest BCUT2D eigenvalue weighted by Crippen LogP contribution is 2.43. The molecule has 2 amide bonds. The molecule has 1 aliphatic carbocycles. The molecule has 1 saturated carbocycles. The molecule has 6 rings (SSSR count). The standard InChI is InChI=1S/C25H24F5N9O3S/c1-12-18(38-42-37-12)20(40)35-19(14-2-4-24(26,27)5-3-14)15-10-39-17(33-15)6-13(9-32-39)7-23(22-36-31-11-43-22)8-16(25(28,29)30)34-21(23)41/h6,9-11,14,16,19H,2-5,7-8H2,1H3,(H,34,41)(H,35,40)/t16-,19-,23+/m0/s1. The van der Waals surface area contributed by atoms with E-state index in [-0.39, 0.29) is 60.1 Å². The van der Waals surface area contributed by atoms with Crippen molar-refractivity contribution in [3.05, 3.63) is 51.6 Å². The zero-order valence-electron chi connectivity index (χ0n) is 22.4. The van der Waals surface area contributed by atoms with Crippen LogP contribution < -0.4 is 10.6 Å². The van der Waals surface area contributed by atoms with Gasteiger partial charge in [-0.3, -0.25) is 9.59 Å². The van der Waals surface area contributed by atoms with Crippen molar-refractivity contribution in [2.75, 3.05) is 0 Å². The Morgan fingerprint density at radius 2 is 2.05 bits per heavy atom. The molecule has 18 heteroatoms. The number of imidazole rings is 1. The van der Waals surface area contributed by atoms with Gasteiger partial charge in [-0.25, -0.2) is 22.9 Å². The number of rotatable bonds is 7. The van der Waals surface area contributed by atoms with Crippen LogP contribution in [0.3, 0.4) is 0 Å². The molecule has 12 nitrogen and oxygen atoms in total. The second-order valence-corrected chi connectivity index (χ2v) is 11.8. The molecule has 43 heavy (non-hydrogen) atoms. The monoisotopic (exact) mass is 625 g/mol. The number of nitrogens with zero attached hydrogens (tertiary/aromatic N) is 7. The fourth-order valence-corrected chi connectivity index (χ4v) is 6.55. The van der Waals surface area contributed by atoms with Gasteiger partial charge in [0, 0.05) is 12.8 Å². The lowest BCUT2D eigenvalue weighted by Crippen LogP contribution is -2.40. The van der Waals surface area contributed by atoms with Gasteiger partial charge in [0.05, 0.1) is 24.1 Å². The molecule has 1 aliphatic heterocycles. The Bertz CT molecular complexity index is 1650. The summed E-state index contributed by atoms with van der Waals surface area (Å²) in [5.74, 6) is -4.61. The van der Waals surface area contributed by atoms with E-state index in [4.69, 9.17) is 0 Å². The fraction of sp³-hybridized carbons (Fsp3) is 0.520. The third-order valence-corrected chi connectivity index (χ3v) is 8.96. The second kappa shape index (κ2) is 10.6. The van der Waals surface area contributed by atoms with Crippen LogP contribution in [0.2, 0.25) is 0 Å². The summed E-state index contributed by atoms with van der Waals surface area (Å²) in [7, 11) is 0. The molecule has 4 aromatic rings. The number of alkyl halides is 5. The number of halogens is 5. The normalized spacial score (nSPS) is 23.4. The van der Waals surface area contributed by atoms with Crippen molar-refractivity contribution in [3.8, 4) is 0 Å². The first-order valence-corrected chi connectivity index (χ1v) is 14.2. The maximum atomic E-state index is 14.0. The molecule has 2 aliphatic rings. The lowest BCUT2D eigenvalue weighted by molar-refractivity contribution is -0.155. The average molecular weight is 626 g/mol. The molecule has 2 fully saturated rings. The number of fused-ring (bicyclic) bond motifs is 1. The van der Waals surface area contributed by atoms with Gasteiger partial charge in [0.25, 0.3) is 5.91 Å². The number of amides is 2. The van der Waals surface area contributed by atoms with Crippen LogP contribution in [-0.4, -0.2) is 65.1 Å². The van der Waals surface area contributed by atoms with Gasteiger partial charge in [0.2, 0.25) is 11.8 Å². The highest BCUT2D eigenvalue weighted by Gasteiger charge is 2.57. The first-order chi connectivity index (χ1) is 20.3. The molecule has 1 saturated heterocycles. The summed E-state index contributed by atoms with van der Waals surface area (Å²) >= 11 is 0.986. The quantitative estimate of drug-likeness (QED) is 0.294. The highest BCUT2D eigenvalue weighted by molar-refractivity contribution is 7.09. The molecule has 228 valence electrons. The number of carbonyl (C=O) groups excluding carboxylic acids is 2. The molecule has 0 aromatic carbocycles. The van der Waals surface area contributed by atoms with Gasteiger partial charge in [0.15, 0.2) is 11.3 Å². The minimum absolute atomic E-state index is 0.0516. The van der Waals surface area contributed by atoms with Crippen LogP contribution in [0.4, 0.5) is 22.0 Å². The number of aryl methyl sites for hydroxylation is 1. The van der Waals surface area contributed by atoms with E-state index in [0.29, 0.717) is 11.3 Å². The topological polar surface area (TPSA) is 153 Å². The first-order valence-electron chi connectivity index (χ1n) is 13.3. The Hall–Kier alpha value is -4.09. The van der Waals surface area contributed by atoms with E-state index in [1.165, 1.54) is 23.1 Å². The SMILES string of the molecule is Cc1nonc1C(=O)N[C@H](c1cn2ncc(C[C@@]3(c4nncs4)C[C@@H](C(F)(F)F)NC3=O)cc2n1)C1CCC(F)(F)CC1. The van der Waals surface area contributed by atoms with E-state index in [2.05, 4.69) is 40.5 Å². The number of hydrogen-bond donors (Lipinski definition) is 2. The lowest BCUT2D eigenvalue weighted by Gasteiger charge is -2.33. The molecule has 0 radical (unpaired) electrons. The predicted molar refractivity (Wildman–Crippen MR) is 137 cm³/mol. The molecule has 2 N–H and O–H groups in total. The van der Waals surface area contributed by atoms with Crippen molar-refractivity contribution < 1.29 is 36.2 Å². The summed E-state index contributed by atoms with van der Waals surface area (Å²) in [6.07, 6.45) is -2.85. The number of nitrogens with one attached hydrogen (secondary N) is 2. The van der Waals surface area contributed by atoms with Crippen LogP contribution in [0.15, 0.2) is 28.6 Å². The summed E-state index contributed by atoms with van der Waals surface area (Å²) in [5, 5.41) is 24.3. The Morgan fingerprint density at radius 3 is 2.67 bits per heavy atom. The van der Waals surface area contributed by atoms with Crippen LogP contribution in [0.1, 0.15) is 70.6 Å². The summed E-state index contributed by atoms with van der Waals surface area (Å²) < 4.78 is 74.7. The highest BCUT2D eigenvalue weighted by atomic mass is 32.1. The molecule has 5 heterocycles. The molecule has 0 bridgehead atoms. The summed E-state index contributed by atoms with van der Waals surface area (Å²) in [6.45, 7) is 1.54. The van der Waals surface area contributed by atoms with Crippen molar-refractivity contribution in [1.82, 2.24) is 45.7 Å².